The van der Waals surface area contributed by atoms with E-state index in [1.165, 1.54) is 10.5 Å². The zero-order valence-electron chi connectivity index (χ0n) is 24.9. The first-order valence-electron chi connectivity index (χ1n) is 14.8. The Bertz CT molecular complexity index is 1580. The van der Waals surface area contributed by atoms with Crippen molar-refractivity contribution < 1.29 is 32.4 Å². The number of amides is 3. The van der Waals surface area contributed by atoms with Crippen molar-refractivity contribution in [3.05, 3.63) is 83.5 Å². The van der Waals surface area contributed by atoms with Gasteiger partial charge in [-0.1, -0.05) is 41.9 Å². The van der Waals surface area contributed by atoms with Crippen LogP contribution < -0.4 is 4.90 Å². The summed E-state index contributed by atoms with van der Waals surface area (Å²) in [5, 5.41) is 1.19. The molecule has 0 spiro atoms. The molecule has 244 valence electrons. The van der Waals surface area contributed by atoms with Gasteiger partial charge in [-0.2, -0.15) is 9.37 Å². The Kier molecular flexibility index (Phi) is 11.0. The molecule has 2 saturated heterocycles. The zero-order valence-corrected chi connectivity index (χ0v) is 26.5. The van der Waals surface area contributed by atoms with Crippen LogP contribution in [-0.2, 0) is 37.2 Å². The van der Waals surface area contributed by atoms with Crippen LogP contribution in [0.1, 0.15) is 24.2 Å². The Hall–Kier alpha value is -4.34. The summed E-state index contributed by atoms with van der Waals surface area (Å²) >= 11 is 5.94. The molecule has 0 saturated carbocycles. The number of rotatable bonds is 13. The first-order chi connectivity index (χ1) is 22.2. The van der Waals surface area contributed by atoms with Crippen LogP contribution in [0.2, 0.25) is 5.02 Å². The molecular weight excluding hydrogens is 638 g/mol. The first kappa shape index (κ1) is 33.0. The lowest BCUT2D eigenvalue weighted by Crippen LogP contribution is -2.52. The topological polar surface area (TPSA) is 155 Å². The number of carbonyl (C=O) groups excluding carboxylic acids is 3. The van der Waals surface area contributed by atoms with Gasteiger partial charge in [0, 0.05) is 51.2 Å². The van der Waals surface area contributed by atoms with Crippen LogP contribution in [0.15, 0.2) is 67.1 Å². The van der Waals surface area contributed by atoms with E-state index in [-0.39, 0.29) is 32.5 Å². The summed E-state index contributed by atoms with van der Waals surface area (Å²) in [4.78, 5) is 59.0. The Morgan fingerprint density at radius 3 is 2.48 bits per heavy atom. The Labute approximate surface area is 271 Å². The normalized spacial score (nSPS) is 17.8. The van der Waals surface area contributed by atoms with E-state index >= 15 is 0 Å². The zero-order chi connectivity index (χ0) is 32.5. The van der Waals surface area contributed by atoms with Gasteiger partial charge in [-0.05, 0) is 43.0 Å². The molecule has 2 atom stereocenters. The molecule has 3 amide bonds. The van der Waals surface area contributed by atoms with Gasteiger partial charge in [0.25, 0.3) is 0 Å². The quantitative estimate of drug-likeness (QED) is 0.195. The Morgan fingerprint density at radius 1 is 1.07 bits per heavy atom. The third-order valence-electron chi connectivity index (χ3n) is 7.75. The van der Waals surface area contributed by atoms with Crippen molar-refractivity contribution in [3.63, 3.8) is 0 Å². The van der Waals surface area contributed by atoms with Gasteiger partial charge in [0.2, 0.25) is 16.4 Å². The fourth-order valence-electron chi connectivity index (χ4n) is 5.37. The van der Waals surface area contributed by atoms with Crippen molar-refractivity contribution in [1.82, 2.24) is 29.2 Å². The summed E-state index contributed by atoms with van der Waals surface area (Å²) in [5.74, 6) is 0.730. The number of cyclic esters (lactones) is 1. The van der Waals surface area contributed by atoms with E-state index in [0.29, 0.717) is 54.1 Å². The number of benzene rings is 1. The third kappa shape index (κ3) is 8.47. The standard InChI is InChI=1S/C30H34ClN7O7S/c31-24-10-11-28(34-19-24)35-14-16-36(17-15-35)46(42,43)21-25(8-4-9-27-32-12-5-13-33-27)37(22-39)45-30(41)38-26(20-44-29(38)40)18-23-6-2-1-3-7-23/h1-3,5-7,10-13,19,22,25-26H,4,8-9,14-18,20-21H2/t25?,26-/m0/s1. The number of sulfonamides is 1. The molecule has 3 aromatic rings. The second-order valence-electron chi connectivity index (χ2n) is 10.8. The molecular formula is C30H34ClN7O7S. The fraction of sp³-hybridized carbons (Fsp3) is 0.400. The van der Waals surface area contributed by atoms with E-state index in [0.717, 1.165) is 10.5 Å². The number of hydrogen-bond donors (Lipinski definition) is 0. The Balaban J connectivity index is 1.27. The lowest BCUT2D eigenvalue weighted by molar-refractivity contribution is -0.162. The van der Waals surface area contributed by atoms with Crippen LogP contribution in [0, 0.1) is 0 Å². The highest BCUT2D eigenvalue weighted by molar-refractivity contribution is 7.89. The van der Waals surface area contributed by atoms with E-state index in [1.54, 1.807) is 30.6 Å². The minimum atomic E-state index is -3.93. The predicted octanol–water partition coefficient (Wildman–Crippen LogP) is 2.94. The number of aryl methyl sites for hydroxylation is 1. The maximum Gasteiger partial charge on any atom is 0.444 e. The van der Waals surface area contributed by atoms with Crippen LogP contribution >= 0.6 is 11.6 Å². The number of imide groups is 1. The summed E-state index contributed by atoms with van der Waals surface area (Å²) in [6.07, 6.45) is 4.22. The van der Waals surface area contributed by atoms with Gasteiger partial charge in [-0.15, -0.1) is 0 Å². The minimum Gasteiger partial charge on any atom is -0.447 e. The number of ether oxygens (including phenoxy) is 1. The number of aromatic nitrogens is 3. The molecule has 1 aromatic carbocycles. The van der Waals surface area contributed by atoms with E-state index < -0.39 is 40.0 Å². The van der Waals surface area contributed by atoms with Crippen molar-refractivity contribution in [2.75, 3.05) is 43.4 Å². The highest BCUT2D eigenvalue weighted by Crippen LogP contribution is 2.22. The number of hydrogen-bond acceptors (Lipinski definition) is 11. The molecule has 1 unspecified atom stereocenters. The molecule has 2 aliphatic rings. The monoisotopic (exact) mass is 671 g/mol. The maximum absolute atomic E-state index is 13.7. The van der Waals surface area contributed by atoms with Gasteiger partial charge in [-0.25, -0.2) is 37.9 Å². The van der Waals surface area contributed by atoms with Gasteiger partial charge < -0.3 is 14.5 Å². The first-order valence-corrected chi connectivity index (χ1v) is 16.8. The average Bonchev–Trinajstić information content (AvgIpc) is 3.43. The molecule has 16 heteroatoms. The van der Waals surface area contributed by atoms with Crippen LogP contribution in [0.3, 0.4) is 0 Å². The molecule has 0 bridgehead atoms. The van der Waals surface area contributed by atoms with Crippen molar-refractivity contribution in [3.8, 4) is 0 Å². The third-order valence-corrected chi connectivity index (χ3v) is 9.93. The minimum absolute atomic E-state index is 0.0453. The van der Waals surface area contributed by atoms with Crippen molar-refractivity contribution in [2.45, 2.75) is 37.8 Å². The van der Waals surface area contributed by atoms with Crippen LogP contribution in [0.25, 0.3) is 0 Å². The largest absolute Gasteiger partial charge is 0.447 e. The molecule has 2 fully saturated rings. The SMILES string of the molecule is O=CN(OC(=O)N1C(=O)OC[C@@H]1Cc1ccccc1)C(CCCc1ncccn1)CS(=O)(=O)N1CCN(c2ccc(Cl)cn2)CC1. The highest BCUT2D eigenvalue weighted by Gasteiger charge is 2.41. The summed E-state index contributed by atoms with van der Waals surface area (Å²) in [6.45, 7) is 1.14. The van der Waals surface area contributed by atoms with Crippen molar-refractivity contribution in [1.29, 1.82) is 0 Å². The predicted molar refractivity (Wildman–Crippen MR) is 167 cm³/mol. The average molecular weight is 672 g/mol. The smallest absolute Gasteiger partial charge is 0.444 e. The van der Waals surface area contributed by atoms with E-state index in [1.807, 2.05) is 35.2 Å². The molecule has 5 rings (SSSR count). The second kappa shape index (κ2) is 15.3. The number of carbonyl (C=O) groups is 3. The Morgan fingerprint density at radius 2 is 1.80 bits per heavy atom. The number of anilines is 1. The summed E-state index contributed by atoms with van der Waals surface area (Å²) in [5.41, 5.74) is 0.870. The molecule has 4 heterocycles. The van der Waals surface area contributed by atoms with Crippen LogP contribution in [0.4, 0.5) is 15.4 Å². The van der Waals surface area contributed by atoms with E-state index in [2.05, 4.69) is 15.0 Å². The van der Waals surface area contributed by atoms with Crippen molar-refractivity contribution >= 4 is 46.0 Å². The van der Waals surface area contributed by atoms with Gasteiger partial charge in [0.1, 0.15) is 18.2 Å². The molecule has 46 heavy (non-hydrogen) atoms. The summed E-state index contributed by atoms with van der Waals surface area (Å²) in [6, 6.07) is 12.7. The van der Waals surface area contributed by atoms with Crippen LogP contribution in [0.5, 0.6) is 0 Å². The van der Waals surface area contributed by atoms with Gasteiger partial charge in [0.15, 0.2) is 0 Å². The van der Waals surface area contributed by atoms with Gasteiger partial charge in [0.05, 0.1) is 22.9 Å². The number of pyridine rings is 1. The highest BCUT2D eigenvalue weighted by atomic mass is 35.5. The number of halogens is 1. The molecule has 14 nitrogen and oxygen atoms in total. The fourth-order valence-corrected chi connectivity index (χ4v) is 7.22. The van der Waals surface area contributed by atoms with Crippen molar-refractivity contribution in [2.24, 2.45) is 0 Å². The lowest BCUT2D eigenvalue weighted by atomic mass is 10.1. The van der Waals surface area contributed by atoms with Gasteiger partial charge in [-0.3, -0.25) is 4.79 Å². The number of piperazine rings is 1. The second-order valence-corrected chi connectivity index (χ2v) is 13.3. The molecule has 0 aliphatic carbocycles. The van der Waals surface area contributed by atoms with Gasteiger partial charge >= 0.3 is 12.2 Å². The molecule has 0 N–H and O–H groups in total. The number of hydroxylamine groups is 2. The van der Waals surface area contributed by atoms with Crippen LogP contribution in [-0.4, -0.2) is 107 Å². The summed E-state index contributed by atoms with van der Waals surface area (Å²) in [7, 11) is -3.93. The van der Waals surface area contributed by atoms with E-state index in [4.69, 9.17) is 21.2 Å². The molecule has 2 aromatic heterocycles. The maximum atomic E-state index is 13.7. The summed E-state index contributed by atoms with van der Waals surface area (Å²) < 4.78 is 33.8. The van der Waals surface area contributed by atoms with E-state index in [9.17, 15) is 22.8 Å². The molecule has 0 radical (unpaired) electrons. The molecule has 2 aliphatic heterocycles. The number of nitrogens with zero attached hydrogens (tertiary/aromatic N) is 7. The lowest BCUT2D eigenvalue weighted by Gasteiger charge is -2.36.